The number of rotatable bonds is 2. The third-order valence-corrected chi connectivity index (χ3v) is 3.75. The Kier molecular flexibility index (Phi) is 3.20. The molecule has 0 N–H and O–H groups in total. The normalized spacial score (nSPS) is 13.1. The fraction of sp³-hybridized carbons (Fsp3) is 0.412. The zero-order valence-electron chi connectivity index (χ0n) is 12.5. The van der Waals surface area contributed by atoms with E-state index >= 15 is 0 Å². The van der Waals surface area contributed by atoms with Crippen molar-refractivity contribution in [3.05, 3.63) is 41.3 Å². The predicted octanol–water partition coefficient (Wildman–Crippen LogP) is 4.28. The number of hydrogen-bond acceptors (Lipinski definition) is 3. The molecule has 0 fully saturated rings. The molecular formula is C17H20N2O. The summed E-state index contributed by atoms with van der Waals surface area (Å²) in [4.78, 5) is 9.30. The fourth-order valence-electron chi connectivity index (χ4n) is 2.41. The monoisotopic (exact) mass is 268 g/mol. The van der Waals surface area contributed by atoms with Crippen molar-refractivity contribution >= 4 is 0 Å². The standard InChI is InChI=1S/C17H20N2O/c1-10(2)12-5-6-13-16(7-12)20-9-15-17(13)18-8-14(19-15)11(3)4/h5-8,10-11H,9H2,1-4H3. The number of hydrogen-bond donors (Lipinski definition) is 0. The minimum absolute atomic E-state index is 0.387. The Morgan fingerprint density at radius 2 is 1.90 bits per heavy atom. The molecule has 0 amide bonds. The van der Waals surface area contributed by atoms with E-state index in [9.17, 15) is 0 Å². The fourth-order valence-corrected chi connectivity index (χ4v) is 2.41. The van der Waals surface area contributed by atoms with Gasteiger partial charge >= 0.3 is 0 Å². The van der Waals surface area contributed by atoms with E-state index in [0.717, 1.165) is 28.4 Å². The van der Waals surface area contributed by atoms with Crippen LogP contribution in [0.15, 0.2) is 24.4 Å². The minimum Gasteiger partial charge on any atom is -0.486 e. The highest BCUT2D eigenvalue weighted by atomic mass is 16.5. The molecule has 0 atom stereocenters. The lowest BCUT2D eigenvalue weighted by Crippen LogP contribution is -2.11. The zero-order valence-corrected chi connectivity index (χ0v) is 12.5. The second-order valence-corrected chi connectivity index (χ2v) is 5.94. The first-order chi connectivity index (χ1) is 9.56. The zero-order chi connectivity index (χ0) is 14.3. The predicted molar refractivity (Wildman–Crippen MR) is 80.0 cm³/mol. The van der Waals surface area contributed by atoms with Crippen LogP contribution in [0, 0.1) is 0 Å². The van der Waals surface area contributed by atoms with Gasteiger partial charge in [-0.15, -0.1) is 0 Å². The van der Waals surface area contributed by atoms with E-state index < -0.39 is 0 Å². The molecule has 0 aliphatic carbocycles. The molecule has 104 valence electrons. The van der Waals surface area contributed by atoms with Crippen LogP contribution in [0.1, 0.15) is 56.5 Å². The van der Waals surface area contributed by atoms with E-state index in [-0.39, 0.29) is 0 Å². The van der Waals surface area contributed by atoms with Gasteiger partial charge in [-0.05, 0) is 29.5 Å². The Morgan fingerprint density at radius 1 is 1.10 bits per heavy atom. The van der Waals surface area contributed by atoms with Gasteiger partial charge in [-0.3, -0.25) is 9.97 Å². The van der Waals surface area contributed by atoms with Gasteiger partial charge in [-0.2, -0.15) is 0 Å². The van der Waals surface area contributed by atoms with E-state index in [0.29, 0.717) is 18.4 Å². The van der Waals surface area contributed by atoms with Gasteiger partial charge < -0.3 is 4.74 Å². The van der Waals surface area contributed by atoms with Gasteiger partial charge in [0.25, 0.3) is 0 Å². The van der Waals surface area contributed by atoms with Crippen LogP contribution in [-0.2, 0) is 6.61 Å². The smallest absolute Gasteiger partial charge is 0.132 e. The topological polar surface area (TPSA) is 35.0 Å². The average Bonchev–Trinajstić information content (AvgIpc) is 2.45. The summed E-state index contributed by atoms with van der Waals surface area (Å²) in [6, 6.07) is 6.38. The molecule has 0 spiro atoms. The second kappa shape index (κ2) is 4.89. The summed E-state index contributed by atoms with van der Waals surface area (Å²) >= 11 is 0. The van der Waals surface area contributed by atoms with Crippen molar-refractivity contribution in [1.82, 2.24) is 9.97 Å². The van der Waals surface area contributed by atoms with Crippen molar-refractivity contribution in [3.63, 3.8) is 0 Å². The van der Waals surface area contributed by atoms with Crippen LogP contribution in [0.25, 0.3) is 11.3 Å². The molecule has 20 heavy (non-hydrogen) atoms. The second-order valence-electron chi connectivity index (χ2n) is 5.94. The molecule has 1 aliphatic heterocycles. The van der Waals surface area contributed by atoms with E-state index in [1.807, 2.05) is 6.20 Å². The number of ether oxygens (including phenoxy) is 1. The lowest BCUT2D eigenvalue weighted by Gasteiger charge is -2.21. The van der Waals surface area contributed by atoms with Crippen molar-refractivity contribution in [3.8, 4) is 17.0 Å². The van der Waals surface area contributed by atoms with Gasteiger partial charge in [0.2, 0.25) is 0 Å². The van der Waals surface area contributed by atoms with Gasteiger partial charge in [0.1, 0.15) is 18.1 Å². The number of fused-ring (bicyclic) bond motifs is 3. The Labute approximate surface area is 120 Å². The molecule has 0 bridgehead atoms. The van der Waals surface area contributed by atoms with Crippen LogP contribution < -0.4 is 4.74 Å². The highest BCUT2D eigenvalue weighted by Gasteiger charge is 2.21. The maximum absolute atomic E-state index is 5.87. The summed E-state index contributed by atoms with van der Waals surface area (Å²) in [6.07, 6.45) is 1.88. The molecule has 1 aliphatic rings. The Hall–Kier alpha value is -1.90. The van der Waals surface area contributed by atoms with Crippen molar-refractivity contribution in [1.29, 1.82) is 0 Å². The van der Waals surface area contributed by atoms with E-state index in [1.54, 1.807) is 0 Å². The Bertz CT molecular complexity index is 590. The number of benzene rings is 1. The summed E-state index contributed by atoms with van der Waals surface area (Å²) in [5.41, 5.74) is 5.28. The van der Waals surface area contributed by atoms with Crippen molar-refractivity contribution < 1.29 is 4.74 Å². The summed E-state index contributed by atoms with van der Waals surface area (Å²) < 4.78 is 5.87. The molecule has 2 aromatic rings. The van der Waals surface area contributed by atoms with Crippen molar-refractivity contribution in [2.75, 3.05) is 0 Å². The Morgan fingerprint density at radius 3 is 2.60 bits per heavy atom. The summed E-state index contributed by atoms with van der Waals surface area (Å²) in [6.45, 7) is 9.14. The van der Waals surface area contributed by atoms with E-state index in [2.05, 4.69) is 55.9 Å². The van der Waals surface area contributed by atoms with Gasteiger partial charge in [0.15, 0.2) is 0 Å². The van der Waals surface area contributed by atoms with Gasteiger partial charge in [0, 0.05) is 11.8 Å². The summed E-state index contributed by atoms with van der Waals surface area (Å²) in [5, 5.41) is 0. The molecule has 1 aromatic carbocycles. The number of nitrogens with zero attached hydrogens (tertiary/aromatic N) is 2. The average molecular weight is 268 g/mol. The number of aromatic nitrogens is 2. The van der Waals surface area contributed by atoms with Crippen LogP contribution in [0.5, 0.6) is 5.75 Å². The molecule has 2 heterocycles. The summed E-state index contributed by atoms with van der Waals surface area (Å²) in [5.74, 6) is 1.81. The first kappa shape index (κ1) is 13.1. The SMILES string of the molecule is CC(C)c1ccc2c(c1)OCc1nc(C(C)C)cnc1-2. The van der Waals surface area contributed by atoms with Crippen LogP contribution >= 0.6 is 0 Å². The molecular weight excluding hydrogens is 248 g/mol. The van der Waals surface area contributed by atoms with Crippen LogP contribution in [0.3, 0.4) is 0 Å². The van der Waals surface area contributed by atoms with Crippen molar-refractivity contribution in [2.24, 2.45) is 0 Å². The Balaban J connectivity index is 2.07. The molecule has 0 saturated heterocycles. The minimum atomic E-state index is 0.387. The third-order valence-electron chi connectivity index (χ3n) is 3.75. The van der Waals surface area contributed by atoms with Gasteiger partial charge in [0.05, 0.1) is 11.4 Å². The van der Waals surface area contributed by atoms with Crippen LogP contribution in [0.2, 0.25) is 0 Å². The highest BCUT2D eigenvalue weighted by molar-refractivity contribution is 5.71. The molecule has 3 rings (SSSR count). The summed E-state index contributed by atoms with van der Waals surface area (Å²) in [7, 11) is 0. The van der Waals surface area contributed by atoms with Crippen LogP contribution in [0.4, 0.5) is 0 Å². The molecule has 0 radical (unpaired) electrons. The molecule has 0 unspecified atom stereocenters. The molecule has 0 saturated carbocycles. The molecule has 3 heteroatoms. The van der Waals surface area contributed by atoms with Gasteiger partial charge in [-0.25, -0.2) is 0 Å². The molecule has 1 aromatic heterocycles. The first-order valence-electron chi connectivity index (χ1n) is 7.19. The first-order valence-corrected chi connectivity index (χ1v) is 7.19. The third kappa shape index (κ3) is 2.17. The maximum Gasteiger partial charge on any atom is 0.132 e. The largest absolute Gasteiger partial charge is 0.486 e. The van der Waals surface area contributed by atoms with Gasteiger partial charge in [-0.1, -0.05) is 33.8 Å². The highest BCUT2D eigenvalue weighted by Crippen LogP contribution is 2.37. The molecule has 3 nitrogen and oxygen atoms in total. The maximum atomic E-state index is 5.87. The van der Waals surface area contributed by atoms with E-state index in [4.69, 9.17) is 4.74 Å². The van der Waals surface area contributed by atoms with E-state index in [1.165, 1.54) is 5.56 Å². The lowest BCUT2D eigenvalue weighted by atomic mass is 9.98. The quantitative estimate of drug-likeness (QED) is 0.815. The van der Waals surface area contributed by atoms with Crippen LogP contribution in [-0.4, -0.2) is 9.97 Å². The lowest BCUT2D eigenvalue weighted by molar-refractivity contribution is 0.295. The van der Waals surface area contributed by atoms with Crippen molar-refractivity contribution in [2.45, 2.75) is 46.1 Å².